The van der Waals surface area contributed by atoms with Gasteiger partial charge in [0.2, 0.25) is 0 Å². The Morgan fingerprint density at radius 3 is 1.41 bits per heavy atom. The van der Waals surface area contributed by atoms with Gasteiger partial charge in [-0.3, -0.25) is 0 Å². The van der Waals surface area contributed by atoms with E-state index in [9.17, 15) is 0 Å². The van der Waals surface area contributed by atoms with E-state index in [0.717, 1.165) is 12.8 Å². The molecule has 0 saturated heterocycles. The molecular formula is C26H46HfN2. The van der Waals surface area contributed by atoms with Crippen LogP contribution in [0, 0.1) is 0 Å². The molecule has 0 saturated carbocycles. The van der Waals surface area contributed by atoms with Gasteiger partial charge in [-0.25, -0.2) is 0 Å². The fraction of sp³-hybridized carbons (Fsp3) is 0.692. The van der Waals surface area contributed by atoms with Crippen molar-refractivity contribution in [1.29, 1.82) is 0 Å². The van der Waals surface area contributed by atoms with E-state index in [4.69, 9.17) is 0 Å². The second-order valence-electron chi connectivity index (χ2n) is 10.9. The van der Waals surface area contributed by atoms with E-state index in [1.54, 1.807) is 17.8 Å². The molecule has 0 heterocycles. The molecule has 0 amide bonds. The molecule has 0 aromatic rings. The van der Waals surface area contributed by atoms with Gasteiger partial charge in [-0.15, -0.1) is 0 Å². The van der Waals surface area contributed by atoms with Gasteiger partial charge >= 0.3 is 187 Å². The van der Waals surface area contributed by atoms with Crippen molar-refractivity contribution in [2.45, 2.75) is 118 Å². The van der Waals surface area contributed by atoms with Crippen molar-refractivity contribution < 1.29 is 20.5 Å². The monoisotopic (exact) mass is 566 g/mol. The second kappa shape index (κ2) is 10.4. The Balaban J connectivity index is 2.67. The number of hydrogen-bond donors (Lipinski definition) is 2. The summed E-state index contributed by atoms with van der Waals surface area (Å²) >= 11 is -3.49. The molecular weight excluding hydrogens is 519 g/mol. The fourth-order valence-electron chi connectivity index (χ4n) is 4.73. The number of hydrogen-bond acceptors (Lipinski definition) is 2. The first kappa shape index (κ1) is 25.0. The van der Waals surface area contributed by atoms with Gasteiger partial charge in [-0.05, 0) is 0 Å². The van der Waals surface area contributed by atoms with Crippen LogP contribution in [0.2, 0.25) is 0 Å². The first-order valence-electron chi connectivity index (χ1n) is 11.9. The Morgan fingerprint density at radius 2 is 1.10 bits per heavy atom. The van der Waals surface area contributed by atoms with Gasteiger partial charge < -0.3 is 0 Å². The van der Waals surface area contributed by atoms with E-state index in [2.05, 4.69) is 86.3 Å². The third-order valence-corrected chi connectivity index (χ3v) is 24.0. The summed E-state index contributed by atoms with van der Waals surface area (Å²) < 4.78 is 12.2. The fourth-order valence-corrected chi connectivity index (χ4v) is 24.5. The summed E-state index contributed by atoms with van der Waals surface area (Å²) in [6.45, 7) is 18.8. The first-order valence-corrected chi connectivity index (χ1v) is 19.1. The molecule has 2 N–H and O–H groups in total. The molecule has 0 aromatic heterocycles. The van der Waals surface area contributed by atoms with Crippen molar-refractivity contribution in [2.75, 3.05) is 0 Å². The molecule has 0 aliphatic heterocycles. The van der Waals surface area contributed by atoms with Gasteiger partial charge in [0.15, 0.2) is 0 Å². The maximum atomic E-state index is 4.34. The number of allylic oxidation sites excluding steroid dienone is 8. The minimum absolute atomic E-state index is 0.0940. The predicted octanol–water partition coefficient (Wildman–Crippen LogP) is 7.55. The topological polar surface area (TPSA) is 24.1 Å². The molecule has 2 aliphatic rings. The average Bonchev–Trinajstić information content (AvgIpc) is 3.24. The van der Waals surface area contributed by atoms with E-state index in [-0.39, 0.29) is 11.1 Å². The second-order valence-corrected chi connectivity index (χ2v) is 22.4. The van der Waals surface area contributed by atoms with Crippen molar-refractivity contribution in [3.8, 4) is 0 Å². The summed E-state index contributed by atoms with van der Waals surface area (Å²) in [5.74, 6) is 0. The van der Waals surface area contributed by atoms with Crippen LogP contribution in [0.4, 0.5) is 0 Å². The minimum atomic E-state index is -3.49. The van der Waals surface area contributed by atoms with Crippen LogP contribution in [-0.4, -0.2) is 11.1 Å². The van der Waals surface area contributed by atoms with Gasteiger partial charge in [0.05, 0.1) is 0 Å². The van der Waals surface area contributed by atoms with Gasteiger partial charge in [0.25, 0.3) is 0 Å². The quantitative estimate of drug-likeness (QED) is 0.268. The van der Waals surface area contributed by atoms with E-state index in [1.165, 1.54) is 38.5 Å². The Kier molecular flexibility index (Phi) is 8.95. The molecule has 0 atom stereocenters. The molecule has 2 rings (SSSR count). The molecule has 0 spiro atoms. The zero-order valence-corrected chi connectivity index (χ0v) is 24.1. The molecule has 0 radical (unpaired) electrons. The number of unbranched alkanes of at least 4 members (excludes halogenated alkanes) is 2. The Hall–Kier alpha value is -0.250. The van der Waals surface area contributed by atoms with Crippen molar-refractivity contribution in [3.63, 3.8) is 0 Å². The van der Waals surface area contributed by atoms with Crippen LogP contribution >= 0.6 is 0 Å². The summed E-state index contributed by atoms with van der Waals surface area (Å²) in [5, 5.41) is 0. The molecule has 0 fully saturated rings. The van der Waals surface area contributed by atoms with Crippen molar-refractivity contribution >= 4 is 0 Å². The van der Waals surface area contributed by atoms with Gasteiger partial charge in [-0.2, -0.15) is 0 Å². The molecule has 29 heavy (non-hydrogen) atoms. The van der Waals surface area contributed by atoms with Crippen LogP contribution in [0.1, 0.15) is 107 Å². The first-order chi connectivity index (χ1) is 13.5. The normalized spacial score (nSPS) is 17.9. The Bertz CT molecular complexity index is 620. The zero-order chi connectivity index (χ0) is 21.7. The Labute approximate surface area is 186 Å². The standard InChI is InChI=1S/2C9H13.2C4H10N.Hf/c2*1-2-3-6-9-7-4-5-8-9;2*1-4(2,3)5;/h2*4,7H,2-3,5-6H2,1H3;2*5H,1-3H3;/q;;2*-1;+2. The van der Waals surface area contributed by atoms with E-state index in [0.29, 0.717) is 0 Å². The molecule has 2 nitrogen and oxygen atoms in total. The van der Waals surface area contributed by atoms with Crippen LogP contribution in [0.15, 0.2) is 42.1 Å². The summed E-state index contributed by atoms with van der Waals surface area (Å²) in [6, 6.07) is 0. The summed E-state index contributed by atoms with van der Waals surface area (Å²) in [6.07, 6.45) is 19.6. The molecule has 0 aromatic carbocycles. The van der Waals surface area contributed by atoms with E-state index < -0.39 is 20.5 Å². The van der Waals surface area contributed by atoms with Crippen LogP contribution in [0.5, 0.6) is 0 Å². The van der Waals surface area contributed by atoms with Gasteiger partial charge in [-0.1, -0.05) is 0 Å². The summed E-state index contributed by atoms with van der Waals surface area (Å²) in [4.78, 5) is 0. The number of rotatable bonds is 10. The third-order valence-electron chi connectivity index (χ3n) is 5.69. The van der Waals surface area contributed by atoms with Crippen LogP contribution in [0.25, 0.3) is 0 Å². The van der Waals surface area contributed by atoms with Crippen LogP contribution in [0.3, 0.4) is 0 Å². The molecule has 0 unspecified atom stereocenters. The summed E-state index contributed by atoms with van der Waals surface area (Å²) in [7, 11) is 0. The molecule has 0 bridgehead atoms. The zero-order valence-electron chi connectivity index (χ0n) is 20.5. The van der Waals surface area contributed by atoms with E-state index in [1.807, 2.05) is 0 Å². The Morgan fingerprint density at radius 1 is 0.724 bits per heavy atom. The van der Waals surface area contributed by atoms with Crippen LogP contribution < -0.4 is 6.61 Å². The van der Waals surface area contributed by atoms with Gasteiger partial charge in [0, 0.05) is 0 Å². The van der Waals surface area contributed by atoms with Crippen molar-refractivity contribution in [1.82, 2.24) is 6.61 Å². The molecule has 164 valence electrons. The molecule has 3 heteroatoms. The SMILES string of the molecule is CCCCC1=[C]([Hf]([NH]C(C)(C)C)([NH]C(C)(C)C)[C]2=C(CCCC)C=CC2)CC=C1. The third kappa shape index (κ3) is 6.87. The summed E-state index contributed by atoms with van der Waals surface area (Å²) in [5.41, 5.74) is 3.46. The average molecular weight is 565 g/mol. The van der Waals surface area contributed by atoms with Crippen LogP contribution in [-0.2, 0) is 20.5 Å². The van der Waals surface area contributed by atoms with Crippen molar-refractivity contribution in [3.05, 3.63) is 42.1 Å². The molecule has 2 aliphatic carbocycles. The van der Waals surface area contributed by atoms with E-state index >= 15 is 0 Å². The van der Waals surface area contributed by atoms with Gasteiger partial charge in [0.1, 0.15) is 0 Å². The predicted molar refractivity (Wildman–Crippen MR) is 126 cm³/mol. The maximum absolute atomic E-state index is 4.34. The van der Waals surface area contributed by atoms with Crippen molar-refractivity contribution in [2.24, 2.45) is 0 Å². The number of nitrogens with one attached hydrogen (secondary N) is 2.